The quantitative estimate of drug-likeness (QED) is 0.779. The SMILES string of the molecule is CCc1nnc2sc(-c3cccc(CN)c3)nn12. The summed E-state index contributed by atoms with van der Waals surface area (Å²) >= 11 is 1.54. The van der Waals surface area contributed by atoms with Crippen LogP contribution in [0.15, 0.2) is 24.3 Å². The Morgan fingerprint density at radius 1 is 1.33 bits per heavy atom. The average molecular weight is 259 g/mol. The molecule has 0 spiro atoms. The second-order valence-corrected chi connectivity index (χ2v) is 4.93. The highest BCUT2D eigenvalue weighted by Crippen LogP contribution is 2.26. The van der Waals surface area contributed by atoms with Gasteiger partial charge in [-0.2, -0.15) is 9.61 Å². The summed E-state index contributed by atoms with van der Waals surface area (Å²) in [6.07, 6.45) is 0.827. The molecule has 3 aromatic rings. The zero-order valence-electron chi connectivity index (χ0n) is 10.00. The summed E-state index contributed by atoms with van der Waals surface area (Å²) in [7, 11) is 0. The van der Waals surface area contributed by atoms with Crippen LogP contribution in [0.25, 0.3) is 15.5 Å². The zero-order chi connectivity index (χ0) is 12.5. The highest BCUT2D eigenvalue weighted by atomic mass is 32.1. The molecule has 0 saturated carbocycles. The molecule has 92 valence electrons. The van der Waals surface area contributed by atoms with Crippen molar-refractivity contribution in [3.05, 3.63) is 35.7 Å². The van der Waals surface area contributed by atoms with Gasteiger partial charge < -0.3 is 5.73 Å². The van der Waals surface area contributed by atoms with Crippen LogP contribution in [0.1, 0.15) is 18.3 Å². The highest BCUT2D eigenvalue weighted by molar-refractivity contribution is 7.19. The van der Waals surface area contributed by atoms with E-state index in [2.05, 4.69) is 21.4 Å². The van der Waals surface area contributed by atoms with Gasteiger partial charge in [-0.3, -0.25) is 0 Å². The minimum atomic E-state index is 0.540. The second kappa shape index (κ2) is 4.47. The van der Waals surface area contributed by atoms with Gasteiger partial charge in [0, 0.05) is 18.5 Å². The first kappa shape index (κ1) is 11.3. The molecule has 0 unspecified atom stereocenters. The van der Waals surface area contributed by atoms with Gasteiger partial charge in [-0.1, -0.05) is 36.5 Å². The summed E-state index contributed by atoms with van der Waals surface area (Å²) < 4.78 is 1.81. The monoisotopic (exact) mass is 259 g/mol. The predicted octanol–water partition coefficient (Wildman–Crippen LogP) is 1.87. The molecule has 0 amide bonds. The van der Waals surface area contributed by atoms with Crippen molar-refractivity contribution in [2.75, 3.05) is 0 Å². The predicted molar refractivity (Wildman–Crippen MR) is 71.4 cm³/mol. The van der Waals surface area contributed by atoms with Crippen LogP contribution >= 0.6 is 11.3 Å². The molecule has 18 heavy (non-hydrogen) atoms. The van der Waals surface area contributed by atoms with Gasteiger partial charge in [0.2, 0.25) is 4.96 Å². The second-order valence-electron chi connectivity index (χ2n) is 3.98. The molecular formula is C12H13N5S. The Balaban J connectivity index is 2.10. The van der Waals surface area contributed by atoms with Crippen LogP contribution in [0.4, 0.5) is 0 Å². The number of hydrogen-bond acceptors (Lipinski definition) is 5. The van der Waals surface area contributed by atoms with Gasteiger partial charge in [0.05, 0.1) is 0 Å². The van der Waals surface area contributed by atoms with Gasteiger partial charge in [-0.25, -0.2) is 0 Å². The van der Waals surface area contributed by atoms with E-state index in [9.17, 15) is 0 Å². The summed E-state index contributed by atoms with van der Waals surface area (Å²) in [6.45, 7) is 2.59. The van der Waals surface area contributed by atoms with E-state index in [1.165, 1.54) is 0 Å². The van der Waals surface area contributed by atoms with Crippen LogP contribution in [0.3, 0.4) is 0 Å². The van der Waals surface area contributed by atoms with Gasteiger partial charge in [-0.05, 0) is 11.6 Å². The molecule has 5 nitrogen and oxygen atoms in total. The van der Waals surface area contributed by atoms with Crippen molar-refractivity contribution >= 4 is 16.3 Å². The molecule has 0 saturated heterocycles. The Kier molecular flexibility index (Phi) is 2.81. The molecule has 2 aromatic heterocycles. The van der Waals surface area contributed by atoms with E-state index in [0.717, 1.165) is 33.3 Å². The van der Waals surface area contributed by atoms with E-state index >= 15 is 0 Å². The summed E-state index contributed by atoms with van der Waals surface area (Å²) in [5.41, 5.74) is 7.84. The largest absolute Gasteiger partial charge is 0.326 e. The summed E-state index contributed by atoms with van der Waals surface area (Å²) in [5.74, 6) is 0.891. The van der Waals surface area contributed by atoms with Gasteiger partial charge in [0.15, 0.2) is 5.82 Å². The lowest BCUT2D eigenvalue weighted by Gasteiger charge is -1.99. The molecule has 0 fully saturated rings. The summed E-state index contributed by atoms with van der Waals surface area (Å²) in [5, 5.41) is 13.7. The fourth-order valence-electron chi connectivity index (χ4n) is 1.83. The van der Waals surface area contributed by atoms with E-state index in [1.807, 2.05) is 29.6 Å². The third-order valence-corrected chi connectivity index (χ3v) is 3.73. The number of aryl methyl sites for hydroxylation is 1. The Morgan fingerprint density at radius 2 is 2.22 bits per heavy atom. The zero-order valence-corrected chi connectivity index (χ0v) is 10.8. The maximum atomic E-state index is 5.65. The number of nitrogens with two attached hydrogens (primary N) is 1. The van der Waals surface area contributed by atoms with Crippen molar-refractivity contribution in [2.24, 2.45) is 5.73 Å². The van der Waals surface area contributed by atoms with Crippen molar-refractivity contribution in [1.29, 1.82) is 0 Å². The van der Waals surface area contributed by atoms with Gasteiger partial charge >= 0.3 is 0 Å². The van der Waals surface area contributed by atoms with Crippen molar-refractivity contribution in [3.63, 3.8) is 0 Å². The fourth-order valence-corrected chi connectivity index (χ4v) is 2.68. The molecule has 0 atom stereocenters. The Bertz CT molecular complexity index is 685. The molecule has 0 aliphatic carbocycles. The lowest BCUT2D eigenvalue weighted by atomic mass is 10.1. The third kappa shape index (κ3) is 1.79. The molecule has 6 heteroatoms. The van der Waals surface area contributed by atoms with E-state index < -0.39 is 0 Å². The standard InChI is InChI=1S/C12H13N5S/c1-2-10-14-15-12-17(10)16-11(18-12)9-5-3-4-8(6-9)7-13/h3-6H,2,7,13H2,1H3. The highest BCUT2D eigenvalue weighted by Gasteiger charge is 2.11. The molecule has 2 N–H and O–H groups in total. The number of fused-ring (bicyclic) bond motifs is 1. The number of benzene rings is 1. The number of rotatable bonds is 3. The Hall–Kier alpha value is -1.79. The molecular weight excluding hydrogens is 246 g/mol. The summed E-state index contributed by atoms with van der Waals surface area (Å²) in [4.78, 5) is 0.833. The van der Waals surface area contributed by atoms with E-state index in [-0.39, 0.29) is 0 Å². The van der Waals surface area contributed by atoms with Crippen molar-refractivity contribution in [1.82, 2.24) is 19.8 Å². The van der Waals surface area contributed by atoms with Crippen molar-refractivity contribution in [2.45, 2.75) is 19.9 Å². The average Bonchev–Trinajstić information content (AvgIpc) is 2.98. The molecule has 1 aromatic carbocycles. The van der Waals surface area contributed by atoms with Crippen molar-refractivity contribution in [3.8, 4) is 10.6 Å². The first-order valence-corrected chi connectivity index (χ1v) is 6.64. The van der Waals surface area contributed by atoms with Crippen LogP contribution in [0.5, 0.6) is 0 Å². The van der Waals surface area contributed by atoms with Gasteiger partial charge in [0.1, 0.15) is 5.01 Å². The molecule has 0 aliphatic heterocycles. The number of hydrogen-bond donors (Lipinski definition) is 1. The van der Waals surface area contributed by atoms with Crippen LogP contribution in [-0.2, 0) is 13.0 Å². The maximum absolute atomic E-state index is 5.65. The van der Waals surface area contributed by atoms with Crippen LogP contribution in [0, 0.1) is 0 Å². The molecule has 0 bridgehead atoms. The van der Waals surface area contributed by atoms with E-state index in [4.69, 9.17) is 5.73 Å². The fraction of sp³-hybridized carbons (Fsp3) is 0.250. The first-order chi connectivity index (χ1) is 8.81. The lowest BCUT2D eigenvalue weighted by Crippen LogP contribution is -1.96. The molecule has 3 rings (SSSR count). The van der Waals surface area contributed by atoms with Crippen LogP contribution < -0.4 is 5.73 Å². The Labute approximate surface area is 108 Å². The summed E-state index contributed by atoms with van der Waals surface area (Å²) in [6, 6.07) is 8.12. The number of aromatic nitrogens is 4. The van der Waals surface area contributed by atoms with Crippen LogP contribution in [-0.4, -0.2) is 19.8 Å². The first-order valence-electron chi connectivity index (χ1n) is 5.82. The maximum Gasteiger partial charge on any atom is 0.234 e. The van der Waals surface area contributed by atoms with Gasteiger partial charge in [0.25, 0.3) is 0 Å². The number of nitrogens with zero attached hydrogens (tertiary/aromatic N) is 4. The van der Waals surface area contributed by atoms with Crippen molar-refractivity contribution < 1.29 is 0 Å². The topological polar surface area (TPSA) is 69.1 Å². The molecule has 0 radical (unpaired) electrons. The van der Waals surface area contributed by atoms with E-state index in [0.29, 0.717) is 6.54 Å². The third-order valence-electron chi connectivity index (χ3n) is 2.78. The van der Waals surface area contributed by atoms with E-state index in [1.54, 1.807) is 11.3 Å². The minimum Gasteiger partial charge on any atom is -0.326 e. The smallest absolute Gasteiger partial charge is 0.234 e. The normalized spacial score (nSPS) is 11.2. The van der Waals surface area contributed by atoms with Crippen LogP contribution in [0.2, 0.25) is 0 Å². The molecule has 2 heterocycles. The minimum absolute atomic E-state index is 0.540. The lowest BCUT2D eigenvalue weighted by molar-refractivity contribution is 0.838. The molecule has 0 aliphatic rings. The van der Waals surface area contributed by atoms with Gasteiger partial charge in [-0.15, -0.1) is 10.2 Å². The Morgan fingerprint density at radius 3 is 3.00 bits per heavy atom.